The molecular formula is C24H31ClN4O. The molecule has 30 heavy (non-hydrogen) atoms. The summed E-state index contributed by atoms with van der Waals surface area (Å²) >= 11 is 0. The molecule has 2 aromatic heterocycles. The van der Waals surface area contributed by atoms with Crippen LogP contribution in [0, 0.1) is 13.8 Å². The van der Waals surface area contributed by atoms with Crippen LogP contribution in [-0.2, 0) is 12.8 Å². The summed E-state index contributed by atoms with van der Waals surface area (Å²) in [6.07, 6.45) is 7.31. The normalized spacial score (nSPS) is 15.6. The maximum absolute atomic E-state index is 5.41. The Bertz CT molecular complexity index is 1090. The van der Waals surface area contributed by atoms with Crippen molar-refractivity contribution >= 4 is 23.9 Å². The van der Waals surface area contributed by atoms with E-state index in [-0.39, 0.29) is 12.4 Å². The number of halogens is 1. The van der Waals surface area contributed by atoms with E-state index < -0.39 is 0 Å². The van der Waals surface area contributed by atoms with E-state index in [1.54, 1.807) is 7.11 Å². The van der Waals surface area contributed by atoms with E-state index in [0.29, 0.717) is 6.04 Å². The first-order valence-electron chi connectivity index (χ1n) is 10.9. The smallest absolute Gasteiger partial charge is 0.165 e. The molecule has 2 aliphatic rings. The molecule has 0 N–H and O–H groups in total. The fourth-order valence-electron chi connectivity index (χ4n) is 5.05. The molecule has 5 nitrogen and oxygen atoms in total. The van der Waals surface area contributed by atoms with Gasteiger partial charge in [0.15, 0.2) is 5.65 Å². The number of aryl methyl sites for hydroxylation is 3. The largest absolute Gasteiger partial charge is 0.497 e. The molecule has 1 fully saturated rings. The first-order chi connectivity index (χ1) is 14.1. The second-order valence-corrected chi connectivity index (χ2v) is 8.46. The Kier molecular flexibility index (Phi) is 5.67. The van der Waals surface area contributed by atoms with Crippen LogP contribution in [0.25, 0.3) is 16.8 Å². The SMILES string of the molecule is CCN(c1c2c(nc3c(-c4ccc(OC)cc4C)c(C)nn13)CCC2)C1CCC1.Cl. The quantitative estimate of drug-likeness (QED) is 0.554. The van der Waals surface area contributed by atoms with Gasteiger partial charge in [0.25, 0.3) is 0 Å². The Morgan fingerprint density at radius 3 is 2.60 bits per heavy atom. The second-order valence-electron chi connectivity index (χ2n) is 8.46. The van der Waals surface area contributed by atoms with Gasteiger partial charge in [0.2, 0.25) is 0 Å². The van der Waals surface area contributed by atoms with Gasteiger partial charge in [-0.1, -0.05) is 6.07 Å². The molecule has 0 unspecified atom stereocenters. The summed E-state index contributed by atoms with van der Waals surface area (Å²) in [5.74, 6) is 2.19. The highest BCUT2D eigenvalue weighted by Crippen LogP contribution is 2.39. The van der Waals surface area contributed by atoms with Gasteiger partial charge in [0, 0.05) is 29.4 Å². The maximum atomic E-state index is 5.41. The molecule has 3 aromatic rings. The lowest BCUT2D eigenvalue weighted by Gasteiger charge is -2.39. The Hall–Kier alpha value is -2.27. The van der Waals surface area contributed by atoms with Gasteiger partial charge in [0.1, 0.15) is 11.6 Å². The van der Waals surface area contributed by atoms with Gasteiger partial charge >= 0.3 is 0 Å². The molecule has 0 amide bonds. The van der Waals surface area contributed by atoms with E-state index in [1.165, 1.54) is 53.9 Å². The van der Waals surface area contributed by atoms with Crippen molar-refractivity contribution in [3.8, 4) is 16.9 Å². The molecule has 0 atom stereocenters. The Balaban J connectivity index is 0.00000218. The zero-order chi connectivity index (χ0) is 20.1. The Labute approximate surface area is 184 Å². The number of fused-ring (bicyclic) bond motifs is 2. The highest BCUT2D eigenvalue weighted by atomic mass is 35.5. The van der Waals surface area contributed by atoms with Crippen LogP contribution in [0.3, 0.4) is 0 Å². The highest BCUT2D eigenvalue weighted by Gasteiger charge is 2.32. The van der Waals surface area contributed by atoms with Gasteiger partial charge in [-0.25, -0.2) is 4.98 Å². The molecule has 160 valence electrons. The third-order valence-electron chi connectivity index (χ3n) is 6.77. The Morgan fingerprint density at radius 2 is 1.97 bits per heavy atom. The summed E-state index contributed by atoms with van der Waals surface area (Å²) in [5.41, 5.74) is 8.29. The average molecular weight is 427 g/mol. The minimum Gasteiger partial charge on any atom is -0.497 e. The fraction of sp³-hybridized carbons (Fsp3) is 0.500. The summed E-state index contributed by atoms with van der Waals surface area (Å²) in [4.78, 5) is 7.76. The molecular weight excluding hydrogens is 396 g/mol. The first kappa shape index (κ1) is 21.0. The number of hydrogen-bond donors (Lipinski definition) is 0. The Morgan fingerprint density at radius 1 is 1.17 bits per heavy atom. The number of hydrogen-bond acceptors (Lipinski definition) is 4. The molecule has 0 bridgehead atoms. The molecule has 2 aliphatic carbocycles. The molecule has 0 aliphatic heterocycles. The third kappa shape index (κ3) is 3.15. The lowest BCUT2D eigenvalue weighted by molar-refractivity contribution is 0.386. The van der Waals surface area contributed by atoms with Crippen LogP contribution in [0.5, 0.6) is 5.75 Å². The van der Waals surface area contributed by atoms with Crippen LogP contribution in [0.4, 0.5) is 5.82 Å². The highest BCUT2D eigenvalue weighted by molar-refractivity contribution is 5.85. The summed E-state index contributed by atoms with van der Waals surface area (Å²) in [7, 11) is 1.71. The standard InChI is InChI=1S/C24H30N4O.ClH/c1-5-27(17-8-6-9-17)24-20-10-7-11-21(20)25-23-22(16(3)26-28(23)24)19-13-12-18(29-4)14-15(19)2;/h12-14,17H,5-11H2,1-4H3;1H. The van der Waals surface area contributed by atoms with Crippen LogP contribution >= 0.6 is 12.4 Å². The predicted octanol–water partition coefficient (Wildman–Crippen LogP) is 5.31. The summed E-state index contributed by atoms with van der Waals surface area (Å²) in [6, 6.07) is 6.92. The fourth-order valence-corrected chi connectivity index (χ4v) is 5.05. The first-order valence-corrected chi connectivity index (χ1v) is 10.9. The van der Waals surface area contributed by atoms with Crippen LogP contribution in [-0.4, -0.2) is 34.3 Å². The third-order valence-corrected chi connectivity index (χ3v) is 6.77. The number of nitrogens with zero attached hydrogens (tertiary/aromatic N) is 4. The lowest BCUT2D eigenvalue weighted by atomic mass is 9.91. The molecule has 0 radical (unpaired) electrons. The summed E-state index contributed by atoms with van der Waals surface area (Å²) < 4.78 is 7.57. The van der Waals surface area contributed by atoms with E-state index >= 15 is 0 Å². The van der Waals surface area contributed by atoms with Gasteiger partial charge in [-0.05, 0) is 82.6 Å². The number of anilines is 1. The van der Waals surface area contributed by atoms with Gasteiger partial charge in [-0.15, -0.1) is 12.4 Å². The van der Waals surface area contributed by atoms with E-state index in [4.69, 9.17) is 14.8 Å². The van der Waals surface area contributed by atoms with Crippen LogP contribution in [0.1, 0.15) is 55.1 Å². The summed E-state index contributed by atoms with van der Waals surface area (Å²) in [6.45, 7) is 7.55. The van der Waals surface area contributed by atoms with Crippen molar-refractivity contribution in [1.29, 1.82) is 0 Å². The number of benzene rings is 1. The van der Waals surface area contributed by atoms with Gasteiger partial charge in [-0.2, -0.15) is 9.61 Å². The van der Waals surface area contributed by atoms with Crippen molar-refractivity contribution in [3.05, 3.63) is 40.7 Å². The van der Waals surface area contributed by atoms with Gasteiger partial charge in [0.05, 0.1) is 12.8 Å². The van der Waals surface area contributed by atoms with E-state index in [2.05, 4.69) is 42.3 Å². The van der Waals surface area contributed by atoms with E-state index in [9.17, 15) is 0 Å². The van der Waals surface area contributed by atoms with Gasteiger partial charge in [-0.3, -0.25) is 0 Å². The number of ether oxygens (including phenoxy) is 1. The van der Waals surface area contributed by atoms with Gasteiger partial charge < -0.3 is 9.64 Å². The minimum absolute atomic E-state index is 0. The van der Waals surface area contributed by atoms with Crippen molar-refractivity contribution in [3.63, 3.8) is 0 Å². The van der Waals surface area contributed by atoms with Crippen LogP contribution in [0.15, 0.2) is 18.2 Å². The monoisotopic (exact) mass is 426 g/mol. The van der Waals surface area contributed by atoms with Crippen molar-refractivity contribution in [2.75, 3.05) is 18.6 Å². The zero-order valence-corrected chi connectivity index (χ0v) is 19.2. The summed E-state index contributed by atoms with van der Waals surface area (Å²) in [5, 5.41) is 5.04. The molecule has 1 aromatic carbocycles. The topological polar surface area (TPSA) is 42.7 Å². The molecule has 1 saturated carbocycles. The number of methoxy groups -OCH3 is 1. The molecule has 5 rings (SSSR count). The second kappa shape index (κ2) is 8.10. The molecule has 6 heteroatoms. The predicted molar refractivity (Wildman–Crippen MR) is 124 cm³/mol. The van der Waals surface area contributed by atoms with E-state index in [0.717, 1.165) is 42.0 Å². The number of aromatic nitrogens is 3. The zero-order valence-electron chi connectivity index (χ0n) is 18.4. The minimum atomic E-state index is 0. The van der Waals surface area contributed by atoms with E-state index in [1.807, 2.05) is 6.07 Å². The van der Waals surface area contributed by atoms with Crippen LogP contribution < -0.4 is 9.64 Å². The lowest BCUT2D eigenvalue weighted by Crippen LogP contribution is -2.42. The van der Waals surface area contributed by atoms with Crippen molar-refractivity contribution in [2.24, 2.45) is 0 Å². The van der Waals surface area contributed by atoms with Crippen molar-refractivity contribution in [2.45, 2.75) is 65.3 Å². The molecule has 0 saturated heterocycles. The average Bonchev–Trinajstić information content (AvgIpc) is 3.26. The van der Waals surface area contributed by atoms with Crippen LogP contribution in [0.2, 0.25) is 0 Å². The van der Waals surface area contributed by atoms with Crippen molar-refractivity contribution < 1.29 is 4.74 Å². The van der Waals surface area contributed by atoms with Crippen molar-refractivity contribution in [1.82, 2.24) is 14.6 Å². The maximum Gasteiger partial charge on any atom is 0.165 e. The molecule has 0 spiro atoms. The number of rotatable bonds is 5. The molecule has 2 heterocycles.